The lowest BCUT2D eigenvalue weighted by Gasteiger charge is -2.20. The molecule has 0 aromatic rings. The van der Waals surface area contributed by atoms with Crippen molar-refractivity contribution in [3.63, 3.8) is 0 Å². The van der Waals surface area contributed by atoms with E-state index in [1.807, 2.05) is 0 Å². The third-order valence-electron chi connectivity index (χ3n) is 2.07. The molecule has 13 heavy (non-hydrogen) atoms. The lowest BCUT2D eigenvalue weighted by molar-refractivity contribution is 0.171. The van der Waals surface area contributed by atoms with Crippen LogP contribution in [0.1, 0.15) is 6.42 Å². The van der Waals surface area contributed by atoms with E-state index in [0.29, 0.717) is 6.54 Å². The molecule has 0 spiro atoms. The number of amides is 2. The number of carbonyl (C=O) groups excluding carboxylic acids is 1. The van der Waals surface area contributed by atoms with E-state index in [1.165, 1.54) is 9.80 Å². The topological polar surface area (TPSA) is 47.3 Å². The van der Waals surface area contributed by atoms with Crippen LogP contribution in [-0.4, -0.2) is 48.7 Å². The SMILES string of the molecule is CN(C)C(=O)N1CCC(F)(C#N)C1. The van der Waals surface area contributed by atoms with Gasteiger partial charge in [0.15, 0.2) is 0 Å². The Morgan fingerprint density at radius 1 is 1.69 bits per heavy atom. The largest absolute Gasteiger partial charge is 0.331 e. The molecule has 0 radical (unpaired) electrons. The van der Waals surface area contributed by atoms with Gasteiger partial charge in [0.2, 0.25) is 5.67 Å². The predicted molar refractivity (Wildman–Crippen MR) is 44.7 cm³/mol. The molecule has 0 aliphatic carbocycles. The molecule has 5 heteroatoms. The van der Waals surface area contributed by atoms with Gasteiger partial charge in [0, 0.05) is 27.1 Å². The van der Waals surface area contributed by atoms with E-state index in [9.17, 15) is 9.18 Å². The summed E-state index contributed by atoms with van der Waals surface area (Å²) >= 11 is 0. The number of rotatable bonds is 0. The quantitative estimate of drug-likeness (QED) is 0.555. The highest BCUT2D eigenvalue weighted by Crippen LogP contribution is 2.24. The fourth-order valence-electron chi connectivity index (χ4n) is 1.31. The van der Waals surface area contributed by atoms with Crippen molar-refractivity contribution in [1.29, 1.82) is 5.26 Å². The predicted octanol–water partition coefficient (Wildman–Crippen LogP) is 0.606. The number of hydrogen-bond acceptors (Lipinski definition) is 2. The molecule has 0 aromatic carbocycles. The molecular weight excluding hydrogens is 173 g/mol. The average molecular weight is 185 g/mol. The fourth-order valence-corrected chi connectivity index (χ4v) is 1.31. The molecule has 2 amide bonds. The maximum atomic E-state index is 13.3. The van der Waals surface area contributed by atoms with E-state index < -0.39 is 5.67 Å². The summed E-state index contributed by atoms with van der Waals surface area (Å²) in [5.41, 5.74) is -1.84. The molecule has 1 rings (SSSR count). The van der Waals surface area contributed by atoms with Crippen molar-refractivity contribution in [2.45, 2.75) is 12.1 Å². The van der Waals surface area contributed by atoms with Crippen LogP contribution in [0.25, 0.3) is 0 Å². The Kier molecular flexibility index (Phi) is 2.41. The van der Waals surface area contributed by atoms with E-state index >= 15 is 0 Å². The van der Waals surface area contributed by atoms with Gasteiger partial charge in [0.1, 0.15) is 6.07 Å². The summed E-state index contributed by atoms with van der Waals surface area (Å²) in [5, 5.41) is 8.49. The Labute approximate surface area is 76.5 Å². The first-order chi connectivity index (χ1) is 5.98. The molecule has 1 aliphatic heterocycles. The molecule has 0 saturated carbocycles. The van der Waals surface area contributed by atoms with Crippen LogP contribution in [0.3, 0.4) is 0 Å². The van der Waals surface area contributed by atoms with Gasteiger partial charge in [-0.15, -0.1) is 0 Å². The van der Waals surface area contributed by atoms with E-state index in [1.54, 1.807) is 20.2 Å². The lowest BCUT2D eigenvalue weighted by atomic mass is 10.1. The van der Waals surface area contributed by atoms with Crippen LogP contribution < -0.4 is 0 Å². The molecule has 1 unspecified atom stereocenters. The van der Waals surface area contributed by atoms with E-state index in [4.69, 9.17) is 5.26 Å². The van der Waals surface area contributed by atoms with Gasteiger partial charge in [-0.3, -0.25) is 0 Å². The summed E-state index contributed by atoms with van der Waals surface area (Å²) in [6.07, 6.45) is 0.114. The van der Waals surface area contributed by atoms with Gasteiger partial charge in [-0.1, -0.05) is 0 Å². The fraction of sp³-hybridized carbons (Fsp3) is 0.750. The Hall–Kier alpha value is -1.31. The van der Waals surface area contributed by atoms with Gasteiger partial charge in [0.05, 0.1) is 6.54 Å². The van der Waals surface area contributed by atoms with Crippen LogP contribution in [0.4, 0.5) is 9.18 Å². The monoisotopic (exact) mass is 185 g/mol. The van der Waals surface area contributed by atoms with Gasteiger partial charge in [-0.05, 0) is 0 Å². The maximum absolute atomic E-state index is 13.3. The Bertz CT molecular complexity index is 261. The molecule has 72 valence electrons. The number of halogens is 1. The molecule has 1 heterocycles. The normalized spacial score (nSPS) is 27.1. The van der Waals surface area contributed by atoms with Crippen LogP contribution in [-0.2, 0) is 0 Å². The minimum Gasteiger partial charge on any atom is -0.331 e. The first-order valence-corrected chi connectivity index (χ1v) is 4.05. The smallest absolute Gasteiger partial charge is 0.319 e. The maximum Gasteiger partial charge on any atom is 0.319 e. The number of alkyl halides is 1. The number of hydrogen-bond donors (Lipinski definition) is 0. The molecule has 0 aromatic heterocycles. The van der Waals surface area contributed by atoms with Crippen LogP contribution in [0.15, 0.2) is 0 Å². The van der Waals surface area contributed by atoms with Crippen molar-refractivity contribution in [3.8, 4) is 6.07 Å². The highest BCUT2D eigenvalue weighted by molar-refractivity contribution is 5.74. The van der Waals surface area contributed by atoms with Gasteiger partial charge in [-0.2, -0.15) is 5.26 Å². The van der Waals surface area contributed by atoms with Crippen molar-refractivity contribution in [2.75, 3.05) is 27.2 Å². The zero-order valence-corrected chi connectivity index (χ0v) is 7.75. The standard InChI is InChI=1S/C8H12FN3O/c1-11(2)7(13)12-4-3-8(9,5-10)6-12/h3-4,6H2,1-2H3. The minimum absolute atomic E-state index is 0.111. The lowest BCUT2D eigenvalue weighted by Crippen LogP contribution is -2.39. The summed E-state index contributed by atoms with van der Waals surface area (Å²) in [6.45, 7) is 0.210. The van der Waals surface area contributed by atoms with E-state index in [2.05, 4.69) is 0 Å². The summed E-state index contributed by atoms with van der Waals surface area (Å²) in [7, 11) is 3.21. The Morgan fingerprint density at radius 2 is 2.31 bits per heavy atom. The second-order valence-corrected chi connectivity index (χ2v) is 3.43. The molecule has 1 saturated heterocycles. The van der Waals surface area contributed by atoms with Crippen molar-refractivity contribution < 1.29 is 9.18 Å². The van der Waals surface area contributed by atoms with E-state index in [0.717, 1.165) is 0 Å². The first kappa shape index (κ1) is 9.78. The van der Waals surface area contributed by atoms with Gasteiger partial charge in [0.25, 0.3) is 0 Å². The molecule has 1 atom stereocenters. The number of likely N-dealkylation sites (tertiary alicyclic amines) is 1. The number of nitriles is 1. The Morgan fingerprint density at radius 3 is 2.69 bits per heavy atom. The molecular formula is C8H12FN3O. The number of urea groups is 1. The highest BCUT2D eigenvalue weighted by Gasteiger charge is 2.40. The Balaban J connectivity index is 2.61. The zero-order valence-electron chi connectivity index (χ0n) is 7.75. The minimum atomic E-state index is -1.84. The molecule has 1 fully saturated rings. The van der Waals surface area contributed by atoms with Crippen LogP contribution in [0.5, 0.6) is 0 Å². The summed E-state index contributed by atoms with van der Waals surface area (Å²) in [4.78, 5) is 14.1. The number of carbonyl (C=O) groups is 1. The van der Waals surface area contributed by atoms with Crippen LogP contribution >= 0.6 is 0 Å². The van der Waals surface area contributed by atoms with Crippen molar-refractivity contribution in [3.05, 3.63) is 0 Å². The third kappa shape index (κ3) is 1.89. The number of nitrogens with zero attached hydrogens (tertiary/aromatic N) is 3. The molecule has 1 aliphatic rings. The second-order valence-electron chi connectivity index (χ2n) is 3.43. The average Bonchev–Trinajstić information content (AvgIpc) is 2.47. The molecule has 0 N–H and O–H groups in total. The van der Waals surface area contributed by atoms with Gasteiger partial charge < -0.3 is 9.80 Å². The molecule has 0 bridgehead atoms. The van der Waals surface area contributed by atoms with Gasteiger partial charge in [-0.25, -0.2) is 9.18 Å². The third-order valence-corrected chi connectivity index (χ3v) is 2.07. The summed E-state index contributed by atoms with van der Waals surface area (Å²) in [6, 6.07) is 1.34. The second kappa shape index (κ2) is 3.21. The van der Waals surface area contributed by atoms with Gasteiger partial charge >= 0.3 is 6.03 Å². The summed E-state index contributed by atoms with van der Waals surface area (Å²) < 4.78 is 13.3. The van der Waals surface area contributed by atoms with E-state index in [-0.39, 0.29) is 19.0 Å². The van der Waals surface area contributed by atoms with Crippen molar-refractivity contribution in [1.82, 2.24) is 9.80 Å². The molecule has 4 nitrogen and oxygen atoms in total. The van der Waals surface area contributed by atoms with Crippen molar-refractivity contribution >= 4 is 6.03 Å². The van der Waals surface area contributed by atoms with Crippen LogP contribution in [0, 0.1) is 11.3 Å². The zero-order chi connectivity index (χ0) is 10.1. The van der Waals surface area contributed by atoms with Crippen molar-refractivity contribution in [2.24, 2.45) is 0 Å². The summed E-state index contributed by atoms with van der Waals surface area (Å²) in [5.74, 6) is 0. The van der Waals surface area contributed by atoms with Crippen LogP contribution in [0.2, 0.25) is 0 Å². The highest BCUT2D eigenvalue weighted by atomic mass is 19.1. The first-order valence-electron chi connectivity index (χ1n) is 4.05.